The third-order valence-corrected chi connectivity index (χ3v) is 3.88. The topological polar surface area (TPSA) is 99.5 Å². The fourth-order valence-corrected chi connectivity index (χ4v) is 2.46. The first-order valence-electron chi connectivity index (χ1n) is 7.60. The highest BCUT2D eigenvalue weighted by atomic mass is 35.5. The summed E-state index contributed by atoms with van der Waals surface area (Å²) in [5.41, 5.74) is 2.10. The lowest BCUT2D eigenvalue weighted by Gasteiger charge is -2.11. The third kappa shape index (κ3) is 4.77. The van der Waals surface area contributed by atoms with Crippen LogP contribution in [-0.2, 0) is 4.79 Å². The Hall–Kier alpha value is -2.45. The number of aromatic amines is 1. The zero-order valence-electron chi connectivity index (χ0n) is 13.5. The van der Waals surface area contributed by atoms with E-state index in [9.17, 15) is 14.7 Å². The fourth-order valence-electron chi connectivity index (χ4n) is 2.05. The molecular weight excluding hydrogens is 364 g/mol. The standard InChI is InChI=1S/C16H17ClN4O3S/c1-2-3-4-13(22)20-18-9-12-14(23)19-16(25)21(15(12)24)11-7-5-10(17)6-8-11/h5-9,24H,2-4H2,1H3,(H,20,22)(H,19,23,25)/b18-9+. The molecule has 0 fully saturated rings. The van der Waals surface area contributed by atoms with Crippen molar-refractivity contribution < 1.29 is 9.90 Å². The normalized spacial score (nSPS) is 11.0. The van der Waals surface area contributed by atoms with Crippen LogP contribution in [0.2, 0.25) is 5.02 Å². The second kappa shape index (κ2) is 8.59. The summed E-state index contributed by atoms with van der Waals surface area (Å²) in [6.07, 6.45) is 3.05. The summed E-state index contributed by atoms with van der Waals surface area (Å²) in [6.45, 7) is 1.97. The number of carbonyl (C=O) groups is 1. The molecule has 1 amide bonds. The number of hydrazone groups is 1. The van der Waals surface area contributed by atoms with E-state index in [4.69, 9.17) is 23.8 Å². The first-order chi connectivity index (χ1) is 11.9. The highest BCUT2D eigenvalue weighted by Gasteiger charge is 2.12. The molecule has 9 heteroatoms. The smallest absolute Gasteiger partial charge is 0.264 e. The minimum absolute atomic E-state index is 0.0222. The molecule has 0 unspecified atom stereocenters. The van der Waals surface area contributed by atoms with Gasteiger partial charge in [-0.15, -0.1) is 0 Å². The quantitative estimate of drug-likeness (QED) is 0.407. The highest BCUT2D eigenvalue weighted by Crippen LogP contribution is 2.20. The Labute approximate surface area is 154 Å². The van der Waals surface area contributed by atoms with Gasteiger partial charge in [-0.3, -0.25) is 19.1 Å². The number of aromatic nitrogens is 2. The van der Waals surface area contributed by atoms with Gasteiger partial charge in [0.05, 0.1) is 11.9 Å². The van der Waals surface area contributed by atoms with Gasteiger partial charge in [0.2, 0.25) is 11.8 Å². The second-order valence-electron chi connectivity index (χ2n) is 5.21. The van der Waals surface area contributed by atoms with Crippen LogP contribution in [-0.4, -0.2) is 26.8 Å². The molecule has 0 bridgehead atoms. The van der Waals surface area contributed by atoms with Gasteiger partial charge in [-0.25, -0.2) is 5.43 Å². The number of nitrogens with zero attached hydrogens (tertiary/aromatic N) is 2. The molecule has 0 radical (unpaired) electrons. The van der Waals surface area contributed by atoms with E-state index in [0.717, 1.165) is 19.1 Å². The maximum absolute atomic E-state index is 12.0. The zero-order valence-corrected chi connectivity index (χ0v) is 15.0. The van der Waals surface area contributed by atoms with Crippen LogP contribution in [0.3, 0.4) is 0 Å². The van der Waals surface area contributed by atoms with Gasteiger partial charge in [-0.2, -0.15) is 5.10 Å². The Kier molecular flexibility index (Phi) is 6.49. The van der Waals surface area contributed by atoms with Crippen LogP contribution in [0, 0.1) is 4.77 Å². The van der Waals surface area contributed by atoms with Crippen LogP contribution < -0.4 is 11.0 Å². The highest BCUT2D eigenvalue weighted by molar-refractivity contribution is 7.71. The summed E-state index contributed by atoms with van der Waals surface area (Å²) in [5, 5.41) is 14.7. The Bertz CT molecular complexity index is 903. The van der Waals surface area contributed by atoms with Crippen LogP contribution in [0.15, 0.2) is 34.2 Å². The van der Waals surface area contributed by atoms with E-state index in [-0.39, 0.29) is 22.1 Å². The lowest BCUT2D eigenvalue weighted by atomic mass is 10.2. The largest absolute Gasteiger partial charge is 0.494 e. The summed E-state index contributed by atoms with van der Waals surface area (Å²) in [7, 11) is 0. The summed E-state index contributed by atoms with van der Waals surface area (Å²) < 4.78 is 1.29. The van der Waals surface area contributed by atoms with Crippen molar-refractivity contribution in [2.45, 2.75) is 26.2 Å². The van der Waals surface area contributed by atoms with E-state index in [1.54, 1.807) is 24.3 Å². The van der Waals surface area contributed by atoms with Crippen LogP contribution in [0.25, 0.3) is 5.69 Å². The number of unbranched alkanes of at least 4 members (excludes halogenated alkanes) is 1. The van der Waals surface area contributed by atoms with E-state index in [0.29, 0.717) is 17.1 Å². The predicted molar refractivity (Wildman–Crippen MR) is 99.2 cm³/mol. The van der Waals surface area contributed by atoms with Gasteiger partial charge in [0.1, 0.15) is 5.56 Å². The lowest BCUT2D eigenvalue weighted by Crippen LogP contribution is -2.21. The Balaban J connectivity index is 2.35. The molecular formula is C16H17ClN4O3S. The molecule has 2 aromatic rings. The summed E-state index contributed by atoms with van der Waals surface area (Å²) in [5.74, 6) is -0.651. The molecule has 0 saturated carbocycles. The van der Waals surface area contributed by atoms with Crippen molar-refractivity contribution in [1.82, 2.24) is 15.0 Å². The average molecular weight is 381 g/mol. The molecule has 0 aliphatic heterocycles. The monoisotopic (exact) mass is 380 g/mol. The van der Waals surface area contributed by atoms with Crippen molar-refractivity contribution in [1.29, 1.82) is 0 Å². The molecule has 0 saturated heterocycles. The number of aromatic hydroxyl groups is 1. The molecule has 1 aromatic heterocycles. The van der Waals surface area contributed by atoms with E-state index >= 15 is 0 Å². The minimum atomic E-state index is -0.612. The number of halogens is 1. The van der Waals surface area contributed by atoms with Crippen molar-refractivity contribution >= 4 is 35.9 Å². The van der Waals surface area contributed by atoms with Gasteiger partial charge in [0.15, 0.2) is 4.77 Å². The van der Waals surface area contributed by atoms with Crippen molar-refractivity contribution in [3.05, 3.63) is 50.0 Å². The molecule has 3 N–H and O–H groups in total. The molecule has 0 aliphatic carbocycles. The maximum Gasteiger partial charge on any atom is 0.264 e. The third-order valence-electron chi connectivity index (χ3n) is 3.35. The minimum Gasteiger partial charge on any atom is -0.494 e. The first-order valence-corrected chi connectivity index (χ1v) is 8.38. The van der Waals surface area contributed by atoms with Crippen molar-refractivity contribution in [2.24, 2.45) is 5.10 Å². The second-order valence-corrected chi connectivity index (χ2v) is 6.03. The molecule has 0 spiro atoms. The Morgan fingerprint density at radius 1 is 1.44 bits per heavy atom. The number of benzene rings is 1. The van der Waals surface area contributed by atoms with Crippen molar-refractivity contribution in [2.75, 3.05) is 0 Å². The predicted octanol–water partition coefficient (Wildman–Crippen LogP) is 2.89. The molecule has 25 heavy (non-hydrogen) atoms. The fraction of sp³-hybridized carbons (Fsp3) is 0.250. The van der Waals surface area contributed by atoms with Crippen LogP contribution in [0.5, 0.6) is 5.88 Å². The van der Waals surface area contributed by atoms with Gasteiger partial charge in [0.25, 0.3) is 5.56 Å². The van der Waals surface area contributed by atoms with E-state index in [2.05, 4.69) is 15.5 Å². The van der Waals surface area contributed by atoms with Crippen LogP contribution in [0.4, 0.5) is 0 Å². The average Bonchev–Trinajstić information content (AvgIpc) is 2.57. The number of nitrogens with one attached hydrogen (secondary N) is 2. The Morgan fingerprint density at radius 2 is 2.12 bits per heavy atom. The van der Waals surface area contributed by atoms with Crippen molar-refractivity contribution in [3.8, 4) is 11.6 Å². The number of hydrogen-bond donors (Lipinski definition) is 3. The number of carbonyl (C=O) groups excluding carboxylic acids is 1. The number of amides is 1. The zero-order chi connectivity index (χ0) is 18.4. The van der Waals surface area contributed by atoms with Crippen molar-refractivity contribution in [3.63, 3.8) is 0 Å². The van der Waals surface area contributed by atoms with Gasteiger partial charge >= 0.3 is 0 Å². The molecule has 0 aliphatic rings. The summed E-state index contributed by atoms with van der Waals surface area (Å²) >= 11 is 11.0. The van der Waals surface area contributed by atoms with Gasteiger partial charge in [0, 0.05) is 11.4 Å². The summed E-state index contributed by atoms with van der Waals surface area (Å²) in [4.78, 5) is 26.0. The molecule has 132 valence electrons. The van der Waals surface area contributed by atoms with E-state index in [1.807, 2.05) is 6.92 Å². The SMILES string of the molecule is CCCCC(=O)N/N=C/c1c(O)n(-c2ccc(Cl)cc2)c(=S)[nH]c1=O. The number of rotatable bonds is 6. The molecule has 2 rings (SSSR count). The molecule has 0 atom stereocenters. The molecule has 7 nitrogen and oxygen atoms in total. The number of H-pyrrole nitrogens is 1. The molecule has 1 heterocycles. The van der Waals surface area contributed by atoms with Crippen LogP contribution in [0.1, 0.15) is 31.7 Å². The first kappa shape index (κ1) is 18.9. The van der Waals surface area contributed by atoms with E-state index in [1.165, 1.54) is 4.57 Å². The maximum atomic E-state index is 12.0. The Morgan fingerprint density at radius 3 is 2.76 bits per heavy atom. The lowest BCUT2D eigenvalue weighted by molar-refractivity contribution is -0.121. The van der Waals surface area contributed by atoms with Gasteiger partial charge in [-0.1, -0.05) is 24.9 Å². The molecule has 1 aromatic carbocycles. The van der Waals surface area contributed by atoms with Gasteiger partial charge < -0.3 is 5.11 Å². The van der Waals surface area contributed by atoms with Crippen LogP contribution >= 0.6 is 23.8 Å². The van der Waals surface area contributed by atoms with E-state index < -0.39 is 5.56 Å². The van der Waals surface area contributed by atoms with Gasteiger partial charge in [-0.05, 0) is 42.9 Å². The summed E-state index contributed by atoms with van der Waals surface area (Å²) in [6, 6.07) is 6.54. The number of hydrogen-bond acceptors (Lipinski definition) is 5.